The van der Waals surface area contributed by atoms with Gasteiger partial charge in [0.1, 0.15) is 0 Å². The highest BCUT2D eigenvalue weighted by molar-refractivity contribution is 7.99. The van der Waals surface area contributed by atoms with Crippen molar-refractivity contribution >= 4 is 46.4 Å². The lowest BCUT2D eigenvalue weighted by molar-refractivity contribution is -0.126. The van der Waals surface area contributed by atoms with E-state index in [9.17, 15) is 9.59 Å². The number of benzene rings is 2. The summed E-state index contributed by atoms with van der Waals surface area (Å²) in [7, 11) is 8.16. The monoisotopic (exact) mass is 764 g/mol. The number of amides is 3. The number of rotatable bonds is 28. The van der Waals surface area contributed by atoms with Crippen molar-refractivity contribution in [3.05, 3.63) is 36.4 Å². The molecule has 0 bridgehead atoms. The first kappa shape index (κ1) is 45.5. The molecule has 0 fully saturated rings. The summed E-state index contributed by atoms with van der Waals surface area (Å²) in [6.07, 6.45) is 26.5. The molecule has 1 unspecified atom stereocenters. The van der Waals surface area contributed by atoms with E-state index in [4.69, 9.17) is 0 Å². The van der Waals surface area contributed by atoms with Crippen LogP contribution in [0.3, 0.4) is 0 Å². The summed E-state index contributed by atoms with van der Waals surface area (Å²) in [5.41, 5.74) is 4.06. The molecule has 2 atom stereocenters. The number of hydrogen-bond acceptors (Lipinski definition) is 5. The number of unbranched alkanes of at least 4 members (excludes halogenated alkanes) is 17. The number of urea groups is 1. The Morgan fingerprint density at radius 1 is 0.611 bits per heavy atom. The molecule has 54 heavy (non-hydrogen) atoms. The first-order valence-corrected chi connectivity index (χ1v) is 22.7. The maximum atomic E-state index is 13.7. The van der Waals surface area contributed by atoms with Gasteiger partial charge in [-0.2, -0.15) is 0 Å². The van der Waals surface area contributed by atoms with Gasteiger partial charge in [0.05, 0.1) is 11.4 Å². The van der Waals surface area contributed by atoms with Crippen molar-refractivity contribution in [2.24, 2.45) is 11.8 Å². The van der Waals surface area contributed by atoms with E-state index in [1.165, 1.54) is 89.9 Å². The number of fused-ring (bicyclic) bond motifs is 2. The first-order valence-electron chi connectivity index (χ1n) is 21.8. The van der Waals surface area contributed by atoms with Gasteiger partial charge in [-0.05, 0) is 61.6 Å². The van der Waals surface area contributed by atoms with E-state index in [-0.39, 0.29) is 17.9 Å². The van der Waals surface area contributed by atoms with Gasteiger partial charge in [-0.25, -0.2) is 4.79 Å². The minimum absolute atomic E-state index is 0.0922. The van der Waals surface area contributed by atoms with Crippen molar-refractivity contribution in [3.8, 4) is 0 Å². The molecule has 2 aromatic carbocycles. The molecule has 8 heteroatoms. The van der Waals surface area contributed by atoms with Crippen LogP contribution in [0.5, 0.6) is 0 Å². The summed E-state index contributed by atoms with van der Waals surface area (Å²) in [5.74, 6) is 0.792. The van der Waals surface area contributed by atoms with Gasteiger partial charge in [-0.15, -0.1) is 0 Å². The van der Waals surface area contributed by atoms with Gasteiger partial charge < -0.3 is 20.4 Å². The molecule has 0 radical (unpaired) electrons. The third-order valence-corrected chi connectivity index (χ3v) is 12.4. The lowest BCUT2D eigenvalue weighted by Gasteiger charge is -2.32. The second-order valence-electron chi connectivity index (χ2n) is 16.2. The van der Waals surface area contributed by atoms with Crippen molar-refractivity contribution in [2.75, 3.05) is 56.0 Å². The number of anilines is 4. The fourth-order valence-electron chi connectivity index (χ4n) is 7.48. The number of nitrogens with one attached hydrogen (secondary N) is 2. The van der Waals surface area contributed by atoms with Gasteiger partial charge in [-0.1, -0.05) is 148 Å². The molecule has 304 valence electrons. The molecular weight excluding hydrogens is 687 g/mol. The standard InChI is InChI=1S/C46H77N5O2S/c1-8-10-11-12-13-14-15-16-17-18-19-20-21-22-25-28-40(37(3)9-2)45(52)47-33-26-23-24-27-34-48-46(53)51-41-31-29-38(49(4)5)35-43(41)54-44-36-39(50(6)7)30-32-42(44)51/h29-32,35-37,40H,8-28,33-34H2,1-7H3,(H,47,52)(H,48,53)/t37?,40-/m0/s1. The summed E-state index contributed by atoms with van der Waals surface area (Å²) in [5, 5.41) is 6.46. The topological polar surface area (TPSA) is 67.9 Å². The van der Waals surface area contributed by atoms with E-state index >= 15 is 0 Å². The van der Waals surface area contributed by atoms with Gasteiger partial charge in [0, 0.05) is 68.4 Å². The third-order valence-electron chi connectivity index (χ3n) is 11.3. The Morgan fingerprint density at radius 2 is 1.04 bits per heavy atom. The summed E-state index contributed by atoms with van der Waals surface area (Å²) >= 11 is 1.72. The zero-order chi connectivity index (χ0) is 39.1. The number of nitrogens with zero attached hydrogens (tertiary/aromatic N) is 3. The van der Waals surface area contributed by atoms with Crippen LogP contribution in [0.1, 0.15) is 156 Å². The van der Waals surface area contributed by atoms with Crippen LogP contribution < -0.4 is 25.3 Å². The van der Waals surface area contributed by atoms with Crippen LogP contribution in [-0.2, 0) is 4.79 Å². The molecule has 0 saturated carbocycles. The zero-order valence-electron chi connectivity index (χ0n) is 35.4. The highest BCUT2D eigenvalue weighted by Gasteiger charge is 2.29. The van der Waals surface area contributed by atoms with Crippen molar-refractivity contribution in [2.45, 2.75) is 165 Å². The second-order valence-corrected chi connectivity index (χ2v) is 17.3. The minimum Gasteiger partial charge on any atom is -0.378 e. The Labute approximate surface area is 335 Å². The lowest BCUT2D eigenvalue weighted by atomic mass is 9.86. The van der Waals surface area contributed by atoms with Crippen LogP contribution in [0.4, 0.5) is 27.5 Å². The number of carbonyl (C=O) groups is 2. The van der Waals surface area contributed by atoms with Crippen molar-refractivity contribution in [1.29, 1.82) is 0 Å². The van der Waals surface area contributed by atoms with Gasteiger partial charge >= 0.3 is 6.03 Å². The normalized spacial score (nSPS) is 13.2. The summed E-state index contributed by atoms with van der Waals surface area (Å²) < 4.78 is 0. The molecule has 1 aliphatic heterocycles. The van der Waals surface area contributed by atoms with Gasteiger partial charge in [0.15, 0.2) is 0 Å². The van der Waals surface area contributed by atoms with E-state index in [1.54, 1.807) is 11.8 Å². The Hall–Kier alpha value is -2.87. The molecule has 7 nitrogen and oxygen atoms in total. The Kier molecular flexibility index (Phi) is 22.0. The molecule has 2 aromatic rings. The largest absolute Gasteiger partial charge is 0.378 e. The predicted octanol–water partition coefficient (Wildman–Crippen LogP) is 12.7. The quantitative estimate of drug-likeness (QED) is 0.0845. The van der Waals surface area contributed by atoms with Crippen LogP contribution in [0, 0.1) is 11.8 Å². The summed E-state index contributed by atoms with van der Waals surface area (Å²) in [6, 6.07) is 12.5. The van der Waals surface area contributed by atoms with Gasteiger partial charge in [0.25, 0.3) is 0 Å². The summed E-state index contributed by atoms with van der Waals surface area (Å²) in [4.78, 5) is 35.0. The Morgan fingerprint density at radius 3 is 1.48 bits per heavy atom. The molecule has 3 amide bonds. The maximum absolute atomic E-state index is 13.7. The zero-order valence-corrected chi connectivity index (χ0v) is 36.3. The van der Waals surface area contributed by atoms with E-state index in [0.717, 1.165) is 84.0 Å². The first-order chi connectivity index (χ1) is 26.2. The van der Waals surface area contributed by atoms with Crippen molar-refractivity contribution in [3.63, 3.8) is 0 Å². The molecule has 2 N–H and O–H groups in total. The van der Waals surface area contributed by atoms with Crippen LogP contribution in [0.2, 0.25) is 0 Å². The smallest absolute Gasteiger partial charge is 0.326 e. The van der Waals surface area contributed by atoms with Gasteiger partial charge in [-0.3, -0.25) is 9.69 Å². The number of carbonyl (C=O) groups excluding carboxylic acids is 2. The highest BCUT2D eigenvalue weighted by atomic mass is 32.2. The molecule has 1 aliphatic rings. The average molecular weight is 764 g/mol. The fraction of sp³-hybridized carbons (Fsp3) is 0.696. The number of hydrogen-bond donors (Lipinski definition) is 2. The highest BCUT2D eigenvalue weighted by Crippen LogP contribution is 2.50. The molecule has 0 aliphatic carbocycles. The SMILES string of the molecule is CCCCCCCCCCCCCCCCC[C@H](C(=O)NCCCCCCNC(=O)N1c2ccc(N(C)C)cc2Sc2cc(N(C)C)ccc21)C(C)CC. The molecule has 3 rings (SSSR count). The van der Waals surface area contributed by atoms with E-state index in [1.807, 2.05) is 33.1 Å². The Bertz CT molecular complexity index is 1310. The lowest BCUT2D eigenvalue weighted by Crippen LogP contribution is -2.38. The van der Waals surface area contributed by atoms with Crippen molar-refractivity contribution < 1.29 is 9.59 Å². The fourth-order valence-corrected chi connectivity index (χ4v) is 8.60. The molecule has 0 spiro atoms. The van der Waals surface area contributed by atoms with Crippen LogP contribution >= 0.6 is 11.8 Å². The minimum atomic E-state index is -0.0922. The van der Waals surface area contributed by atoms with Crippen LogP contribution in [0.25, 0.3) is 0 Å². The average Bonchev–Trinajstić information content (AvgIpc) is 3.16. The summed E-state index contributed by atoms with van der Waals surface area (Å²) in [6.45, 7) is 8.10. The molecule has 0 aromatic heterocycles. The van der Waals surface area contributed by atoms with Crippen LogP contribution in [-0.4, -0.2) is 53.2 Å². The molecule has 1 heterocycles. The Balaban J connectivity index is 1.30. The van der Waals surface area contributed by atoms with Crippen LogP contribution in [0.15, 0.2) is 46.2 Å². The van der Waals surface area contributed by atoms with E-state index < -0.39 is 0 Å². The predicted molar refractivity (Wildman–Crippen MR) is 235 cm³/mol. The van der Waals surface area contributed by atoms with E-state index in [0.29, 0.717) is 12.5 Å². The van der Waals surface area contributed by atoms with Gasteiger partial charge in [0.2, 0.25) is 5.91 Å². The second kappa shape index (κ2) is 26.1. The van der Waals surface area contributed by atoms with Crippen molar-refractivity contribution in [1.82, 2.24) is 10.6 Å². The molecule has 0 saturated heterocycles. The third kappa shape index (κ3) is 15.7. The molecular formula is C46H77N5O2S. The van der Waals surface area contributed by atoms with E-state index in [2.05, 4.69) is 77.6 Å². The maximum Gasteiger partial charge on any atom is 0.326 e.